The molecule has 0 aromatic heterocycles. The minimum absolute atomic E-state index is 0.135. The molecule has 1 heterocycles. The standard InChI is InChI=1S/C12H17N3O2/c1-15(8-6-13-7-9-15)12(16)10-2-4-11(14-17)5-3-10/h2-5,13H,6-9H2,1H3,(H-,14,16,17)/p+1. The fraction of sp³-hybridized carbons (Fsp3) is 0.417. The molecule has 1 aromatic carbocycles. The van der Waals surface area contributed by atoms with Crippen molar-refractivity contribution in [3.05, 3.63) is 29.8 Å². The van der Waals surface area contributed by atoms with Crippen molar-refractivity contribution in [2.45, 2.75) is 0 Å². The van der Waals surface area contributed by atoms with Gasteiger partial charge in [0.05, 0.1) is 31.4 Å². The number of piperazine rings is 1. The molecule has 0 saturated carbocycles. The van der Waals surface area contributed by atoms with Gasteiger partial charge < -0.3 is 5.32 Å². The highest BCUT2D eigenvalue weighted by atomic mass is 16.5. The van der Waals surface area contributed by atoms with Gasteiger partial charge in [-0.15, -0.1) is 0 Å². The first-order valence-electron chi connectivity index (χ1n) is 5.76. The molecule has 1 aliphatic rings. The van der Waals surface area contributed by atoms with E-state index in [0.717, 1.165) is 26.2 Å². The first kappa shape index (κ1) is 12.0. The number of hydrogen-bond donors (Lipinski definition) is 3. The van der Waals surface area contributed by atoms with E-state index in [1.165, 1.54) is 0 Å². The van der Waals surface area contributed by atoms with Crippen LogP contribution in [-0.2, 0) is 0 Å². The van der Waals surface area contributed by atoms with Crippen LogP contribution >= 0.6 is 0 Å². The molecular formula is C12H18N3O2+. The molecule has 0 unspecified atom stereocenters. The zero-order valence-corrected chi connectivity index (χ0v) is 9.94. The molecule has 1 fully saturated rings. The third-order valence-corrected chi connectivity index (χ3v) is 3.32. The number of rotatable bonds is 2. The van der Waals surface area contributed by atoms with Gasteiger partial charge in [-0.1, -0.05) is 0 Å². The topological polar surface area (TPSA) is 61.4 Å². The van der Waals surface area contributed by atoms with E-state index in [2.05, 4.69) is 10.8 Å². The summed E-state index contributed by atoms with van der Waals surface area (Å²) in [4.78, 5) is 12.4. The average Bonchev–Trinajstić information content (AvgIpc) is 2.39. The zero-order chi connectivity index (χ0) is 12.3. The summed E-state index contributed by atoms with van der Waals surface area (Å²) >= 11 is 0. The van der Waals surface area contributed by atoms with Crippen LogP contribution in [0.3, 0.4) is 0 Å². The Bertz CT molecular complexity index is 397. The van der Waals surface area contributed by atoms with E-state index in [1.807, 2.05) is 7.05 Å². The maximum Gasteiger partial charge on any atom is 0.345 e. The number of likely N-dealkylation sites (N-methyl/N-ethyl adjacent to an activating group) is 1. The monoisotopic (exact) mass is 236 g/mol. The van der Waals surface area contributed by atoms with Gasteiger partial charge in [0, 0.05) is 13.1 Å². The van der Waals surface area contributed by atoms with Crippen LogP contribution < -0.4 is 10.8 Å². The van der Waals surface area contributed by atoms with Crippen molar-refractivity contribution in [1.29, 1.82) is 0 Å². The molecule has 17 heavy (non-hydrogen) atoms. The van der Waals surface area contributed by atoms with Crippen LogP contribution in [0, 0.1) is 0 Å². The summed E-state index contributed by atoms with van der Waals surface area (Å²) in [7, 11) is 1.97. The minimum atomic E-state index is 0.135. The lowest BCUT2D eigenvalue weighted by molar-refractivity contribution is -0.830. The summed E-state index contributed by atoms with van der Waals surface area (Å²) in [6, 6.07) is 6.88. The molecule has 1 amide bonds. The fourth-order valence-electron chi connectivity index (χ4n) is 2.09. The van der Waals surface area contributed by atoms with Gasteiger partial charge in [0.1, 0.15) is 0 Å². The highest BCUT2D eigenvalue weighted by Crippen LogP contribution is 2.15. The molecular weight excluding hydrogens is 218 g/mol. The predicted molar refractivity (Wildman–Crippen MR) is 65.0 cm³/mol. The third kappa shape index (κ3) is 2.46. The van der Waals surface area contributed by atoms with Crippen LogP contribution in [0.15, 0.2) is 24.3 Å². The highest BCUT2D eigenvalue weighted by molar-refractivity contribution is 5.89. The Kier molecular flexibility index (Phi) is 3.42. The number of anilines is 1. The number of hydrogen-bond acceptors (Lipinski definition) is 4. The van der Waals surface area contributed by atoms with Crippen LogP contribution in [0.25, 0.3) is 0 Å². The molecule has 0 atom stereocenters. The number of amides is 1. The van der Waals surface area contributed by atoms with Crippen molar-refractivity contribution in [1.82, 2.24) is 5.32 Å². The number of quaternary nitrogens is 1. The van der Waals surface area contributed by atoms with Crippen molar-refractivity contribution in [2.24, 2.45) is 0 Å². The first-order valence-corrected chi connectivity index (χ1v) is 5.76. The number of nitrogens with one attached hydrogen (secondary N) is 2. The smallest absolute Gasteiger partial charge is 0.306 e. The van der Waals surface area contributed by atoms with Gasteiger partial charge >= 0.3 is 5.91 Å². The second-order valence-corrected chi connectivity index (χ2v) is 4.59. The van der Waals surface area contributed by atoms with E-state index < -0.39 is 0 Å². The Morgan fingerprint density at radius 3 is 2.41 bits per heavy atom. The fourth-order valence-corrected chi connectivity index (χ4v) is 2.09. The van der Waals surface area contributed by atoms with Gasteiger partial charge in [-0.3, -0.25) is 15.2 Å². The summed E-state index contributed by atoms with van der Waals surface area (Å²) in [5.74, 6) is 0.135. The second-order valence-electron chi connectivity index (χ2n) is 4.59. The summed E-state index contributed by atoms with van der Waals surface area (Å²) in [5.41, 5.74) is 3.33. The van der Waals surface area contributed by atoms with Crippen LogP contribution in [0.4, 0.5) is 5.69 Å². The van der Waals surface area contributed by atoms with Gasteiger partial charge in [0.15, 0.2) is 0 Å². The van der Waals surface area contributed by atoms with E-state index in [1.54, 1.807) is 24.3 Å². The highest BCUT2D eigenvalue weighted by Gasteiger charge is 2.34. The Labute approximate surface area is 101 Å². The van der Waals surface area contributed by atoms with E-state index in [4.69, 9.17) is 5.21 Å². The summed E-state index contributed by atoms with van der Waals surface area (Å²) in [6.45, 7) is 3.38. The van der Waals surface area contributed by atoms with Crippen LogP contribution in [0.2, 0.25) is 0 Å². The van der Waals surface area contributed by atoms with Crippen molar-refractivity contribution in [3.63, 3.8) is 0 Å². The predicted octanol–water partition coefficient (Wildman–Crippen LogP) is 0.678. The van der Waals surface area contributed by atoms with Crippen LogP contribution in [0.1, 0.15) is 10.4 Å². The number of carbonyl (C=O) groups is 1. The van der Waals surface area contributed by atoms with E-state index in [-0.39, 0.29) is 5.91 Å². The normalized spacial score (nSPS) is 18.7. The van der Waals surface area contributed by atoms with Crippen LogP contribution in [0.5, 0.6) is 0 Å². The van der Waals surface area contributed by atoms with E-state index >= 15 is 0 Å². The molecule has 1 aliphatic heterocycles. The SMILES string of the molecule is C[N+]1(C(=O)c2ccc(NO)cc2)CCNCC1. The Morgan fingerprint density at radius 1 is 1.29 bits per heavy atom. The van der Waals surface area contributed by atoms with Crippen molar-refractivity contribution in [2.75, 3.05) is 38.7 Å². The molecule has 2 rings (SSSR count). The lowest BCUT2D eigenvalue weighted by Gasteiger charge is -2.35. The van der Waals surface area contributed by atoms with Crippen molar-refractivity contribution < 1.29 is 14.5 Å². The summed E-state index contributed by atoms with van der Waals surface area (Å²) in [5, 5.41) is 12.0. The maximum atomic E-state index is 12.4. The quantitative estimate of drug-likeness (QED) is 0.522. The summed E-state index contributed by atoms with van der Waals surface area (Å²) < 4.78 is 0.443. The number of nitrogens with zero attached hydrogens (tertiary/aromatic N) is 1. The van der Waals surface area contributed by atoms with Gasteiger partial charge in [0.25, 0.3) is 0 Å². The first-order chi connectivity index (χ1) is 8.15. The summed E-state index contributed by atoms with van der Waals surface area (Å²) in [6.07, 6.45) is 0. The average molecular weight is 236 g/mol. The Hall–Kier alpha value is -1.43. The molecule has 1 aromatic rings. The molecule has 5 heteroatoms. The zero-order valence-electron chi connectivity index (χ0n) is 9.94. The van der Waals surface area contributed by atoms with Crippen molar-refractivity contribution in [3.8, 4) is 0 Å². The van der Waals surface area contributed by atoms with E-state index in [9.17, 15) is 4.79 Å². The molecule has 92 valence electrons. The Morgan fingerprint density at radius 2 is 1.88 bits per heavy atom. The molecule has 5 nitrogen and oxygen atoms in total. The van der Waals surface area contributed by atoms with Gasteiger partial charge in [-0.05, 0) is 24.3 Å². The number of carbonyl (C=O) groups excluding carboxylic acids is 1. The molecule has 0 spiro atoms. The lowest BCUT2D eigenvalue weighted by atomic mass is 10.1. The van der Waals surface area contributed by atoms with Crippen LogP contribution in [-0.4, -0.2) is 48.8 Å². The Balaban J connectivity index is 2.17. The molecule has 1 saturated heterocycles. The van der Waals surface area contributed by atoms with E-state index in [0.29, 0.717) is 15.7 Å². The molecule has 0 bridgehead atoms. The number of benzene rings is 1. The lowest BCUT2D eigenvalue weighted by Crippen LogP contribution is -2.59. The van der Waals surface area contributed by atoms with Gasteiger partial charge in [0.2, 0.25) is 0 Å². The molecule has 0 radical (unpaired) electrons. The van der Waals surface area contributed by atoms with Gasteiger partial charge in [-0.2, -0.15) is 0 Å². The third-order valence-electron chi connectivity index (χ3n) is 3.32. The largest absolute Gasteiger partial charge is 0.345 e. The molecule has 3 N–H and O–H groups in total. The van der Waals surface area contributed by atoms with Gasteiger partial charge in [-0.25, -0.2) is 4.79 Å². The molecule has 0 aliphatic carbocycles. The minimum Gasteiger partial charge on any atom is -0.306 e. The second kappa shape index (κ2) is 4.83. The van der Waals surface area contributed by atoms with Crippen molar-refractivity contribution >= 4 is 11.6 Å². The maximum absolute atomic E-state index is 12.4.